The maximum absolute atomic E-state index is 14.3. The molecule has 0 radical (unpaired) electrons. The summed E-state index contributed by atoms with van der Waals surface area (Å²) < 4.78 is 14.3. The highest BCUT2D eigenvalue weighted by molar-refractivity contribution is 7.16. The Balaban J connectivity index is 1.57. The van der Waals surface area contributed by atoms with Gasteiger partial charge in [-0.25, -0.2) is 24.1 Å². The van der Waals surface area contributed by atoms with Crippen molar-refractivity contribution >= 4 is 50.2 Å². The van der Waals surface area contributed by atoms with Gasteiger partial charge in [0, 0.05) is 42.2 Å². The highest BCUT2D eigenvalue weighted by atomic mass is 32.1. The zero-order valence-corrected chi connectivity index (χ0v) is 19.9. The fourth-order valence-corrected chi connectivity index (χ4v) is 5.29. The molecule has 2 N–H and O–H groups in total. The lowest BCUT2D eigenvalue weighted by atomic mass is 10.0. The minimum atomic E-state index is -0.921. The van der Waals surface area contributed by atoms with Crippen LogP contribution in [0.3, 0.4) is 0 Å². The lowest BCUT2D eigenvalue weighted by Gasteiger charge is -2.40. The second-order valence-electron chi connectivity index (χ2n) is 8.64. The van der Waals surface area contributed by atoms with E-state index >= 15 is 0 Å². The third kappa shape index (κ3) is 3.87. The van der Waals surface area contributed by atoms with Crippen LogP contribution >= 0.6 is 11.3 Å². The fourth-order valence-electron chi connectivity index (χ4n) is 4.56. The molecule has 0 bridgehead atoms. The van der Waals surface area contributed by atoms with Crippen LogP contribution in [0.15, 0.2) is 36.0 Å². The van der Waals surface area contributed by atoms with Crippen molar-refractivity contribution in [2.24, 2.45) is 0 Å². The van der Waals surface area contributed by atoms with Gasteiger partial charge in [-0.05, 0) is 50.4 Å². The van der Waals surface area contributed by atoms with Crippen molar-refractivity contribution in [2.45, 2.75) is 32.9 Å². The van der Waals surface area contributed by atoms with Crippen LogP contribution in [-0.4, -0.2) is 56.7 Å². The van der Waals surface area contributed by atoms with Crippen molar-refractivity contribution in [3.8, 4) is 0 Å². The quantitative estimate of drug-likeness (QED) is 0.422. The molecule has 1 aromatic carbocycles. The van der Waals surface area contributed by atoms with Crippen molar-refractivity contribution in [3.05, 3.63) is 52.9 Å². The Labute approximate surface area is 200 Å². The molecule has 4 heterocycles. The van der Waals surface area contributed by atoms with E-state index in [-0.39, 0.29) is 17.9 Å². The highest BCUT2D eigenvalue weighted by Gasteiger charge is 2.30. The standard InChI is InChI=1S/C24H25FN6O2S/c1-13-11-30(7-8-31(13)24(32)33)22-18(10-16-4-5-19(25)14(2)20(16)29-22)15(3)28-21-17-6-9-34-23(17)27-12-26-21/h4-6,9-10,12-13,15H,7-8,11H2,1-3H3,(H,32,33)(H,26,27,28)/t13?,15-/m0/s1. The van der Waals surface area contributed by atoms with Gasteiger partial charge in [0.05, 0.1) is 16.9 Å². The summed E-state index contributed by atoms with van der Waals surface area (Å²) in [5.74, 6) is 1.17. The van der Waals surface area contributed by atoms with Crippen LogP contribution < -0.4 is 10.2 Å². The Morgan fingerprint density at radius 2 is 2.12 bits per heavy atom. The van der Waals surface area contributed by atoms with Crippen molar-refractivity contribution in [3.63, 3.8) is 0 Å². The minimum absolute atomic E-state index is 0.164. The average molecular weight is 481 g/mol. The van der Waals surface area contributed by atoms with Gasteiger partial charge >= 0.3 is 6.09 Å². The second kappa shape index (κ2) is 8.68. The van der Waals surface area contributed by atoms with Crippen LogP contribution in [0, 0.1) is 12.7 Å². The predicted octanol–water partition coefficient (Wildman–Crippen LogP) is 5.05. The molecule has 1 fully saturated rings. The van der Waals surface area contributed by atoms with Gasteiger partial charge in [-0.15, -0.1) is 11.3 Å². The molecule has 1 unspecified atom stereocenters. The van der Waals surface area contributed by atoms with Crippen molar-refractivity contribution < 1.29 is 14.3 Å². The average Bonchev–Trinajstić information content (AvgIpc) is 3.30. The van der Waals surface area contributed by atoms with Gasteiger partial charge in [0.1, 0.15) is 28.6 Å². The van der Waals surface area contributed by atoms with E-state index in [1.54, 1.807) is 30.7 Å². The zero-order valence-electron chi connectivity index (χ0n) is 19.1. The number of pyridine rings is 1. The molecule has 34 heavy (non-hydrogen) atoms. The number of thiophene rings is 1. The molecule has 5 rings (SSSR count). The Morgan fingerprint density at radius 1 is 1.29 bits per heavy atom. The number of aromatic nitrogens is 3. The molecular weight excluding hydrogens is 455 g/mol. The topological polar surface area (TPSA) is 94.5 Å². The third-order valence-corrected chi connectivity index (χ3v) is 7.26. The number of carboxylic acid groups (broad SMARTS) is 1. The maximum atomic E-state index is 14.3. The monoisotopic (exact) mass is 480 g/mol. The lowest BCUT2D eigenvalue weighted by Crippen LogP contribution is -2.54. The van der Waals surface area contributed by atoms with Gasteiger partial charge in [0.2, 0.25) is 0 Å². The molecule has 0 aliphatic carbocycles. The van der Waals surface area contributed by atoms with Crippen LogP contribution in [0.1, 0.15) is 31.0 Å². The van der Waals surface area contributed by atoms with E-state index in [4.69, 9.17) is 4.98 Å². The summed E-state index contributed by atoms with van der Waals surface area (Å²) >= 11 is 1.56. The third-order valence-electron chi connectivity index (χ3n) is 6.44. The van der Waals surface area contributed by atoms with E-state index in [1.807, 2.05) is 31.4 Å². The maximum Gasteiger partial charge on any atom is 0.407 e. The SMILES string of the molecule is Cc1c(F)ccc2cc([C@H](C)Nc3ncnc4sccc34)c(N3CCN(C(=O)O)C(C)C3)nc12. The molecular formula is C24H25FN6O2S. The molecule has 2 atom stereocenters. The normalized spacial score (nSPS) is 17.4. The van der Waals surface area contributed by atoms with Gasteiger partial charge < -0.3 is 20.2 Å². The molecule has 0 spiro atoms. The number of benzene rings is 1. The lowest BCUT2D eigenvalue weighted by molar-refractivity contribution is 0.122. The van der Waals surface area contributed by atoms with Crippen molar-refractivity contribution in [2.75, 3.05) is 29.9 Å². The highest BCUT2D eigenvalue weighted by Crippen LogP contribution is 2.34. The number of nitrogens with one attached hydrogen (secondary N) is 1. The Kier molecular flexibility index (Phi) is 5.68. The Morgan fingerprint density at radius 3 is 2.88 bits per heavy atom. The number of amides is 1. The van der Waals surface area contributed by atoms with Gasteiger partial charge in [-0.2, -0.15) is 0 Å². The van der Waals surface area contributed by atoms with Gasteiger partial charge in [-0.3, -0.25) is 0 Å². The van der Waals surface area contributed by atoms with Gasteiger partial charge in [0.15, 0.2) is 0 Å². The number of nitrogens with zero attached hydrogens (tertiary/aromatic N) is 5. The fraction of sp³-hybridized carbons (Fsp3) is 0.333. The Bertz CT molecular complexity index is 1390. The smallest absolute Gasteiger partial charge is 0.407 e. The molecule has 3 aromatic heterocycles. The van der Waals surface area contributed by atoms with Crippen molar-refractivity contribution in [1.29, 1.82) is 0 Å². The van der Waals surface area contributed by atoms with E-state index in [1.165, 1.54) is 11.0 Å². The van der Waals surface area contributed by atoms with E-state index in [9.17, 15) is 14.3 Å². The van der Waals surface area contributed by atoms with E-state index in [0.717, 1.165) is 32.8 Å². The summed E-state index contributed by atoms with van der Waals surface area (Å²) in [5, 5.41) is 16.8. The molecule has 1 amide bonds. The summed E-state index contributed by atoms with van der Waals surface area (Å²) in [4.78, 5) is 29.7. The molecule has 0 saturated carbocycles. The van der Waals surface area contributed by atoms with E-state index in [2.05, 4.69) is 20.2 Å². The second-order valence-corrected chi connectivity index (χ2v) is 9.54. The first-order valence-corrected chi connectivity index (χ1v) is 12.0. The number of anilines is 2. The Hall–Kier alpha value is -3.53. The molecule has 4 aromatic rings. The number of carbonyl (C=O) groups is 1. The summed E-state index contributed by atoms with van der Waals surface area (Å²) in [6.07, 6.45) is 0.627. The van der Waals surface area contributed by atoms with Crippen LogP contribution in [0.25, 0.3) is 21.1 Å². The summed E-state index contributed by atoms with van der Waals surface area (Å²) in [6.45, 7) is 7.05. The molecule has 1 saturated heterocycles. The van der Waals surface area contributed by atoms with Gasteiger partial charge in [-0.1, -0.05) is 0 Å². The minimum Gasteiger partial charge on any atom is -0.465 e. The van der Waals surface area contributed by atoms with E-state index < -0.39 is 6.09 Å². The van der Waals surface area contributed by atoms with Crippen LogP contribution in [0.4, 0.5) is 20.8 Å². The first-order valence-electron chi connectivity index (χ1n) is 11.1. The summed E-state index contributed by atoms with van der Waals surface area (Å²) in [6, 6.07) is 6.89. The number of rotatable bonds is 4. The first-order chi connectivity index (χ1) is 16.3. The van der Waals surface area contributed by atoms with Gasteiger partial charge in [0.25, 0.3) is 0 Å². The van der Waals surface area contributed by atoms with Crippen LogP contribution in [-0.2, 0) is 0 Å². The molecule has 1 aliphatic rings. The summed E-state index contributed by atoms with van der Waals surface area (Å²) in [7, 11) is 0. The number of piperazine rings is 1. The van der Waals surface area contributed by atoms with Crippen LogP contribution in [0.5, 0.6) is 0 Å². The molecule has 176 valence electrons. The summed E-state index contributed by atoms with van der Waals surface area (Å²) in [5.41, 5.74) is 2.05. The number of fused-ring (bicyclic) bond motifs is 2. The number of aryl methyl sites for hydroxylation is 1. The zero-order chi connectivity index (χ0) is 24.0. The molecule has 10 heteroatoms. The molecule has 1 aliphatic heterocycles. The molecule has 8 nitrogen and oxygen atoms in total. The predicted molar refractivity (Wildman–Crippen MR) is 132 cm³/mol. The largest absolute Gasteiger partial charge is 0.465 e. The van der Waals surface area contributed by atoms with E-state index in [0.29, 0.717) is 30.7 Å². The number of hydrogen-bond acceptors (Lipinski definition) is 7. The van der Waals surface area contributed by atoms with Crippen molar-refractivity contribution in [1.82, 2.24) is 19.9 Å². The first kappa shape index (κ1) is 22.3. The number of halogens is 1. The number of hydrogen-bond donors (Lipinski definition) is 2. The van der Waals surface area contributed by atoms with Crippen LogP contribution in [0.2, 0.25) is 0 Å².